The molecule has 3 nitrogen and oxygen atoms in total. The first-order valence-electron chi connectivity index (χ1n) is 6.44. The molecule has 0 amide bonds. The highest BCUT2D eigenvalue weighted by Gasteiger charge is 2.31. The zero-order chi connectivity index (χ0) is 14.8. The number of carbonyl (C=O) groups excluding carboxylic acids is 1. The molecular weight excluding hydrogens is 271 g/mol. The smallest absolute Gasteiger partial charge is 0.416 e. The van der Waals surface area contributed by atoms with Crippen LogP contribution in [0.2, 0.25) is 0 Å². The van der Waals surface area contributed by atoms with Crippen LogP contribution in [0.15, 0.2) is 24.3 Å². The molecule has 0 N–H and O–H groups in total. The van der Waals surface area contributed by atoms with Gasteiger partial charge in [-0.1, -0.05) is 6.07 Å². The van der Waals surface area contributed by atoms with Crippen molar-refractivity contribution in [3.05, 3.63) is 29.8 Å². The van der Waals surface area contributed by atoms with E-state index in [1.807, 2.05) is 11.9 Å². The van der Waals surface area contributed by atoms with E-state index in [-0.39, 0.29) is 11.7 Å². The molecule has 0 radical (unpaired) electrons. The van der Waals surface area contributed by atoms with Gasteiger partial charge < -0.3 is 9.64 Å². The third-order valence-corrected chi connectivity index (χ3v) is 3.34. The molecule has 1 aliphatic rings. The molecule has 6 heteroatoms. The van der Waals surface area contributed by atoms with Crippen LogP contribution in [0.5, 0.6) is 5.75 Å². The lowest BCUT2D eigenvalue weighted by Crippen LogP contribution is -2.37. The Hall–Kier alpha value is -1.56. The van der Waals surface area contributed by atoms with Crippen molar-refractivity contribution in [2.24, 2.45) is 5.92 Å². The van der Waals surface area contributed by atoms with Crippen molar-refractivity contribution < 1.29 is 22.7 Å². The Kier molecular flexibility index (Phi) is 4.32. The summed E-state index contributed by atoms with van der Waals surface area (Å²) >= 11 is 0. The normalized spacial score (nSPS) is 20.7. The lowest BCUT2D eigenvalue weighted by molar-refractivity contribution is -0.142. The Balaban J connectivity index is 2.04. The number of piperidine rings is 1. The minimum Gasteiger partial charge on any atom is -0.426 e. The number of carbonyl (C=O) groups is 1. The molecular formula is C14H16F3NO2. The van der Waals surface area contributed by atoms with Gasteiger partial charge in [-0.05, 0) is 44.6 Å². The monoisotopic (exact) mass is 287 g/mol. The number of hydrogen-bond acceptors (Lipinski definition) is 3. The molecule has 0 aromatic heterocycles. The molecule has 2 rings (SSSR count). The highest BCUT2D eigenvalue weighted by atomic mass is 19.4. The van der Waals surface area contributed by atoms with Gasteiger partial charge in [0.25, 0.3) is 0 Å². The van der Waals surface area contributed by atoms with Crippen LogP contribution in [0, 0.1) is 5.92 Å². The standard InChI is InChI=1S/C14H16F3NO2/c1-18-7-3-4-10(9-18)13(19)20-12-6-2-5-11(8-12)14(15,16)17/h2,5-6,8,10H,3-4,7,9H2,1H3. The van der Waals surface area contributed by atoms with E-state index in [1.54, 1.807) is 0 Å². The number of benzene rings is 1. The fraction of sp³-hybridized carbons (Fsp3) is 0.500. The molecule has 1 unspecified atom stereocenters. The fourth-order valence-corrected chi connectivity index (χ4v) is 2.29. The minimum absolute atomic E-state index is 0.0574. The molecule has 1 heterocycles. The van der Waals surface area contributed by atoms with Gasteiger partial charge in [-0.15, -0.1) is 0 Å². The summed E-state index contributed by atoms with van der Waals surface area (Å²) in [7, 11) is 1.91. The molecule has 1 fully saturated rings. The Labute approximate surface area is 115 Å². The van der Waals surface area contributed by atoms with Crippen LogP contribution in [0.1, 0.15) is 18.4 Å². The van der Waals surface area contributed by atoms with Crippen molar-refractivity contribution in [2.75, 3.05) is 20.1 Å². The molecule has 1 aromatic rings. The average Bonchev–Trinajstić information content (AvgIpc) is 2.38. The predicted molar refractivity (Wildman–Crippen MR) is 67.3 cm³/mol. The molecule has 20 heavy (non-hydrogen) atoms. The zero-order valence-electron chi connectivity index (χ0n) is 11.1. The molecule has 1 saturated heterocycles. The number of rotatable bonds is 2. The van der Waals surface area contributed by atoms with Crippen LogP contribution in [0.25, 0.3) is 0 Å². The minimum atomic E-state index is -4.44. The second kappa shape index (κ2) is 5.83. The van der Waals surface area contributed by atoms with Gasteiger partial charge in [0, 0.05) is 6.54 Å². The summed E-state index contributed by atoms with van der Waals surface area (Å²) in [5, 5.41) is 0. The van der Waals surface area contributed by atoms with Gasteiger partial charge in [-0.2, -0.15) is 13.2 Å². The highest BCUT2D eigenvalue weighted by molar-refractivity contribution is 5.75. The van der Waals surface area contributed by atoms with Gasteiger partial charge in [0.05, 0.1) is 11.5 Å². The number of alkyl halides is 3. The Bertz CT molecular complexity index is 488. The van der Waals surface area contributed by atoms with E-state index in [2.05, 4.69) is 0 Å². The largest absolute Gasteiger partial charge is 0.426 e. The first-order valence-corrected chi connectivity index (χ1v) is 6.44. The predicted octanol–water partition coefficient (Wildman–Crippen LogP) is 2.95. The van der Waals surface area contributed by atoms with Crippen molar-refractivity contribution in [1.29, 1.82) is 0 Å². The summed E-state index contributed by atoms with van der Waals surface area (Å²) in [6.07, 6.45) is -2.84. The number of ether oxygens (including phenoxy) is 1. The molecule has 1 atom stereocenters. The SMILES string of the molecule is CN1CCCC(C(=O)Oc2cccc(C(F)(F)F)c2)C1. The number of esters is 1. The summed E-state index contributed by atoms with van der Waals surface area (Å²) in [4.78, 5) is 14.0. The number of hydrogen-bond donors (Lipinski definition) is 0. The number of nitrogens with zero attached hydrogens (tertiary/aromatic N) is 1. The van der Waals surface area contributed by atoms with Crippen LogP contribution in [-0.2, 0) is 11.0 Å². The van der Waals surface area contributed by atoms with Gasteiger partial charge in [0.15, 0.2) is 0 Å². The molecule has 0 bridgehead atoms. The summed E-state index contributed by atoms with van der Waals surface area (Å²) in [5.41, 5.74) is -0.816. The molecule has 110 valence electrons. The number of likely N-dealkylation sites (tertiary alicyclic amines) is 1. The molecule has 0 aliphatic carbocycles. The van der Waals surface area contributed by atoms with Crippen LogP contribution in [0.4, 0.5) is 13.2 Å². The number of halogens is 3. The van der Waals surface area contributed by atoms with Crippen LogP contribution in [0.3, 0.4) is 0 Å². The van der Waals surface area contributed by atoms with Crippen LogP contribution < -0.4 is 4.74 Å². The average molecular weight is 287 g/mol. The van der Waals surface area contributed by atoms with E-state index in [0.717, 1.165) is 25.1 Å². The van der Waals surface area contributed by atoms with Gasteiger partial charge in [-0.3, -0.25) is 4.79 Å². The van der Waals surface area contributed by atoms with E-state index in [1.165, 1.54) is 12.1 Å². The van der Waals surface area contributed by atoms with Gasteiger partial charge in [-0.25, -0.2) is 0 Å². The van der Waals surface area contributed by atoms with Gasteiger partial charge in [0.1, 0.15) is 5.75 Å². The lowest BCUT2D eigenvalue weighted by Gasteiger charge is -2.28. The molecule has 0 saturated carbocycles. The van der Waals surface area contributed by atoms with E-state index in [9.17, 15) is 18.0 Å². The van der Waals surface area contributed by atoms with Crippen LogP contribution >= 0.6 is 0 Å². The summed E-state index contributed by atoms with van der Waals surface area (Å²) in [6.45, 7) is 1.51. The third-order valence-electron chi connectivity index (χ3n) is 3.34. The van der Waals surface area contributed by atoms with Crippen molar-refractivity contribution in [3.63, 3.8) is 0 Å². The van der Waals surface area contributed by atoms with E-state index >= 15 is 0 Å². The topological polar surface area (TPSA) is 29.5 Å². The van der Waals surface area contributed by atoms with Gasteiger partial charge in [0.2, 0.25) is 0 Å². The molecule has 1 aromatic carbocycles. The van der Waals surface area contributed by atoms with Crippen molar-refractivity contribution in [2.45, 2.75) is 19.0 Å². The first-order chi connectivity index (χ1) is 9.36. The van der Waals surface area contributed by atoms with Crippen LogP contribution in [-0.4, -0.2) is 31.0 Å². The summed E-state index contributed by atoms with van der Waals surface area (Å²) < 4.78 is 42.8. The zero-order valence-corrected chi connectivity index (χ0v) is 11.1. The fourth-order valence-electron chi connectivity index (χ4n) is 2.29. The second-order valence-electron chi connectivity index (χ2n) is 5.05. The second-order valence-corrected chi connectivity index (χ2v) is 5.05. The summed E-state index contributed by atoms with van der Waals surface area (Å²) in [5.74, 6) is -0.794. The quantitative estimate of drug-likeness (QED) is 0.618. The van der Waals surface area contributed by atoms with E-state index in [4.69, 9.17) is 4.74 Å². The van der Waals surface area contributed by atoms with Crippen molar-refractivity contribution >= 4 is 5.97 Å². The Morgan fingerprint density at radius 1 is 1.40 bits per heavy atom. The first kappa shape index (κ1) is 14.8. The van der Waals surface area contributed by atoms with Gasteiger partial charge >= 0.3 is 12.1 Å². The van der Waals surface area contributed by atoms with Crippen molar-refractivity contribution in [1.82, 2.24) is 4.90 Å². The lowest BCUT2D eigenvalue weighted by atomic mass is 9.99. The maximum atomic E-state index is 12.6. The highest BCUT2D eigenvalue weighted by Crippen LogP contribution is 2.31. The summed E-state index contributed by atoms with van der Waals surface area (Å²) in [6, 6.07) is 4.40. The Morgan fingerprint density at radius 2 is 2.15 bits per heavy atom. The molecule has 0 spiro atoms. The maximum absolute atomic E-state index is 12.6. The third kappa shape index (κ3) is 3.72. The maximum Gasteiger partial charge on any atom is 0.416 e. The Morgan fingerprint density at radius 3 is 2.80 bits per heavy atom. The van der Waals surface area contributed by atoms with Crippen molar-refractivity contribution in [3.8, 4) is 5.75 Å². The molecule has 1 aliphatic heterocycles. The van der Waals surface area contributed by atoms with E-state index < -0.39 is 17.7 Å². The van der Waals surface area contributed by atoms with E-state index in [0.29, 0.717) is 13.0 Å².